The van der Waals surface area contributed by atoms with E-state index in [1.54, 1.807) is 10.9 Å². The monoisotopic (exact) mass is 349 g/mol. The third-order valence-electron chi connectivity index (χ3n) is 4.24. The van der Waals surface area contributed by atoms with Gasteiger partial charge in [0.1, 0.15) is 36.8 Å². The van der Waals surface area contributed by atoms with Crippen LogP contribution in [0.15, 0.2) is 12.7 Å². The smallest absolute Gasteiger partial charge is 0.302 e. The highest BCUT2D eigenvalue weighted by molar-refractivity contribution is 5.81. The maximum Gasteiger partial charge on any atom is 0.302 e. The summed E-state index contributed by atoms with van der Waals surface area (Å²) in [5.74, 6) is -0.856. The summed E-state index contributed by atoms with van der Waals surface area (Å²) in [4.78, 5) is 23.6. The van der Waals surface area contributed by atoms with Gasteiger partial charge < -0.3 is 24.7 Å². The summed E-state index contributed by atoms with van der Waals surface area (Å²) < 4.78 is 24.9. The number of carbonyl (C=O) groups is 1. The van der Waals surface area contributed by atoms with Crippen LogP contribution >= 0.6 is 0 Å². The molecule has 2 aliphatic heterocycles. The van der Waals surface area contributed by atoms with Gasteiger partial charge in [0.25, 0.3) is 0 Å². The molecule has 4 atom stereocenters. The van der Waals surface area contributed by atoms with Gasteiger partial charge in [-0.1, -0.05) is 0 Å². The third kappa shape index (κ3) is 2.71. The molecule has 0 amide bonds. The Kier molecular flexibility index (Phi) is 3.63. The van der Waals surface area contributed by atoms with Gasteiger partial charge in [-0.25, -0.2) is 15.0 Å². The zero-order valence-corrected chi connectivity index (χ0v) is 14.1. The standard InChI is InChI=1S/C15H19N5O5/c1-7(21)22-4-8-10-11(25-15(2,3)24-10)14(23-8)20-6-19-9-12(16)17-5-18-13(9)20/h5-6,8,10-11,14H,4H2,1-3H3,(H2,16,17,18)/t8-,10+,11-,14-/m1/s1. The van der Waals surface area contributed by atoms with E-state index >= 15 is 0 Å². The Morgan fingerprint density at radius 1 is 1.32 bits per heavy atom. The molecule has 4 heterocycles. The molecule has 10 nitrogen and oxygen atoms in total. The summed E-state index contributed by atoms with van der Waals surface area (Å²) in [6, 6.07) is 0. The van der Waals surface area contributed by atoms with Crippen molar-refractivity contribution in [3.8, 4) is 0 Å². The molecule has 0 aliphatic carbocycles. The van der Waals surface area contributed by atoms with Gasteiger partial charge in [0.15, 0.2) is 23.5 Å². The minimum absolute atomic E-state index is 0.0796. The van der Waals surface area contributed by atoms with Crippen molar-refractivity contribution in [2.45, 2.75) is 51.1 Å². The first-order chi connectivity index (χ1) is 11.9. The molecule has 2 fully saturated rings. The summed E-state index contributed by atoms with van der Waals surface area (Å²) in [7, 11) is 0. The zero-order chi connectivity index (χ0) is 17.8. The van der Waals surface area contributed by atoms with Crippen molar-refractivity contribution in [1.29, 1.82) is 0 Å². The minimum atomic E-state index is -0.768. The van der Waals surface area contributed by atoms with E-state index in [9.17, 15) is 4.79 Å². The van der Waals surface area contributed by atoms with E-state index in [1.807, 2.05) is 13.8 Å². The molecule has 0 saturated carbocycles. The number of fused-ring (bicyclic) bond motifs is 2. The minimum Gasteiger partial charge on any atom is -0.463 e. The van der Waals surface area contributed by atoms with Crippen molar-refractivity contribution in [2.24, 2.45) is 0 Å². The first-order valence-corrected chi connectivity index (χ1v) is 7.93. The van der Waals surface area contributed by atoms with Crippen molar-refractivity contribution < 1.29 is 23.7 Å². The molecule has 2 N–H and O–H groups in total. The van der Waals surface area contributed by atoms with Gasteiger partial charge in [0.05, 0.1) is 6.33 Å². The lowest BCUT2D eigenvalue weighted by Crippen LogP contribution is -2.33. The van der Waals surface area contributed by atoms with Crippen molar-refractivity contribution >= 4 is 23.0 Å². The Bertz CT molecular complexity index is 822. The maximum absolute atomic E-state index is 11.1. The lowest BCUT2D eigenvalue weighted by Gasteiger charge is -2.24. The average Bonchev–Trinajstić information content (AvgIpc) is 3.17. The second kappa shape index (κ2) is 5.61. The summed E-state index contributed by atoms with van der Waals surface area (Å²) in [6.45, 7) is 5.09. The number of nitrogens with zero attached hydrogens (tertiary/aromatic N) is 4. The van der Waals surface area contributed by atoms with Crippen molar-refractivity contribution in [2.75, 3.05) is 12.3 Å². The topological polar surface area (TPSA) is 124 Å². The highest BCUT2D eigenvalue weighted by Crippen LogP contribution is 2.43. The summed E-state index contributed by atoms with van der Waals surface area (Å²) >= 11 is 0. The fourth-order valence-electron chi connectivity index (χ4n) is 3.27. The summed E-state index contributed by atoms with van der Waals surface area (Å²) in [5, 5.41) is 0. The maximum atomic E-state index is 11.1. The van der Waals surface area contributed by atoms with Crippen LogP contribution in [-0.2, 0) is 23.7 Å². The third-order valence-corrected chi connectivity index (χ3v) is 4.24. The number of rotatable bonds is 3. The molecule has 4 rings (SSSR count). The van der Waals surface area contributed by atoms with Gasteiger partial charge in [0, 0.05) is 6.92 Å². The van der Waals surface area contributed by atoms with Crippen LogP contribution < -0.4 is 5.73 Å². The number of ether oxygens (including phenoxy) is 4. The van der Waals surface area contributed by atoms with Gasteiger partial charge in [-0.2, -0.15) is 0 Å². The Labute approximate surface area is 143 Å². The van der Waals surface area contributed by atoms with E-state index in [2.05, 4.69) is 15.0 Å². The van der Waals surface area contributed by atoms with Crippen LogP contribution in [-0.4, -0.2) is 56.2 Å². The molecule has 134 valence electrons. The van der Waals surface area contributed by atoms with Crippen molar-refractivity contribution in [3.63, 3.8) is 0 Å². The molecule has 2 aromatic rings. The molecule has 0 spiro atoms. The predicted octanol–water partition coefficient (Wildman–Crippen LogP) is 0.389. The second-order valence-electron chi connectivity index (χ2n) is 6.52. The first-order valence-electron chi connectivity index (χ1n) is 7.93. The second-order valence-corrected chi connectivity index (χ2v) is 6.52. The fraction of sp³-hybridized carbons (Fsp3) is 0.600. The quantitative estimate of drug-likeness (QED) is 0.783. The van der Waals surface area contributed by atoms with E-state index in [1.165, 1.54) is 13.3 Å². The SMILES string of the molecule is CC(=O)OC[C@H]1O[C@@H](n2cnc3c(N)ncnc32)[C@@H]2OC(C)(C)O[C@H]21. The molecule has 2 saturated heterocycles. The van der Waals surface area contributed by atoms with Crippen LogP contribution in [0.2, 0.25) is 0 Å². The normalized spacial score (nSPS) is 30.5. The fourth-order valence-corrected chi connectivity index (χ4v) is 3.27. The van der Waals surface area contributed by atoms with Crippen LogP contribution in [0.1, 0.15) is 27.0 Å². The van der Waals surface area contributed by atoms with Gasteiger partial charge in [-0.15, -0.1) is 0 Å². The number of hydrogen-bond donors (Lipinski definition) is 1. The lowest BCUT2D eigenvalue weighted by atomic mass is 10.1. The number of carbonyl (C=O) groups excluding carboxylic acids is 1. The molecule has 0 unspecified atom stereocenters. The number of esters is 1. The highest BCUT2D eigenvalue weighted by atomic mass is 16.8. The van der Waals surface area contributed by atoms with Gasteiger partial charge in [0.2, 0.25) is 0 Å². The van der Waals surface area contributed by atoms with E-state index in [0.29, 0.717) is 17.0 Å². The Morgan fingerprint density at radius 3 is 2.84 bits per heavy atom. The van der Waals surface area contributed by atoms with E-state index in [-0.39, 0.29) is 18.7 Å². The number of nitrogens with two attached hydrogens (primary N) is 1. The Balaban J connectivity index is 1.68. The van der Waals surface area contributed by atoms with Crippen LogP contribution in [0.25, 0.3) is 11.2 Å². The molecular formula is C15H19N5O5. The first kappa shape index (κ1) is 16.2. The largest absolute Gasteiger partial charge is 0.463 e. The number of nitrogen functional groups attached to an aromatic ring is 1. The molecule has 0 bridgehead atoms. The molecule has 25 heavy (non-hydrogen) atoms. The molecule has 2 aromatic heterocycles. The average molecular weight is 349 g/mol. The van der Waals surface area contributed by atoms with Crippen LogP contribution in [0.4, 0.5) is 5.82 Å². The lowest BCUT2D eigenvalue weighted by molar-refractivity contribution is -0.201. The highest BCUT2D eigenvalue weighted by Gasteiger charge is 2.56. The zero-order valence-electron chi connectivity index (χ0n) is 14.1. The van der Waals surface area contributed by atoms with Crippen LogP contribution in [0, 0.1) is 0 Å². The van der Waals surface area contributed by atoms with E-state index < -0.39 is 24.2 Å². The Hall–Kier alpha value is -2.30. The molecular weight excluding hydrogens is 330 g/mol. The van der Waals surface area contributed by atoms with Crippen LogP contribution in [0.5, 0.6) is 0 Å². The van der Waals surface area contributed by atoms with Gasteiger partial charge in [-0.05, 0) is 13.8 Å². The van der Waals surface area contributed by atoms with E-state index in [4.69, 9.17) is 24.7 Å². The number of hydrogen-bond acceptors (Lipinski definition) is 9. The number of imidazole rings is 1. The summed E-state index contributed by atoms with van der Waals surface area (Å²) in [6.07, 6.45) is 1.18. The summed E-state index contributed by atoms with van der Waals surface area (Å²) in [5.41, 5.74) is 6.87. The van der Waals surface area contributed by atoms with Crippen LogP contribution in [0.3, 0.4) is 0 Å². The van der Waals surface area contributed by atoms with Crippen molar-refractivity contribution in [3.05, 3.63) is 12.7 Å². The molecule has 0 aromatic carbocycles. The van der Waals surface area contributed by atoms with E-state index in [0.717, 1.165) is 0 Å². The number of aromatic nitrogens is 4. The van der Waals surface area contributed by atoms with Gasteiger partial charge in [-0.3, -0.25) is 9.36 Å². The predicted molar refractivity (Wildman–Crippen MR) is 84.1 cm³/mol. The van der Waals surface area contributed by atoms with Gasteiger partial charge >= 0.3 is 5.97 Å². The number of anilines is 1. The molecule has 0 radical (unpaired) electrons. The molecule has 10 heteroatoms. The molecule has 2 aliphatic rings. The Morgan fingerprint density at radius 2 is 2.08 bits per heavy atom. The van der Waals surface area contributed by atoms with Crippen molar-refractivity contribution in [1.82, 2.24) is 19.5 Å².